The predicted octanol–water partition coefficient (Wildman–Crippen LogP) is 2.05. The number of rotatable bonds is 1. The van der Waals surface area contributed by atoms with E-state index in [4.69, 9.17) is 0 Å². The van der Waals surface area contributed by atoms with E-state index in [0.717, 1.165) is 25.2 Å². The molecule has 1 saturated heterocycles. The smallest absolute Gasteiger partial charge is 0.308 e. The van der Waals surface area contributed by atoms with Gasteiger partial charge in [-0.3, -0.25) is 9.79 Å². The summed E-state index contributed by atoms with van der Waals surface area (Å²) in [7, 11) is 1.97. The molecule has 0 bridgehead atoms. The highest BCUT2D eigenvalue weighted by Crippen LogP contribution is 2.32. The van der Waals surface area contributed by atoms with Crippen LogP contribution in [0.4, 0.5) is 13.2 Å². The zero-order valence-corrected chi connectivity index (χ0v) is 12.1. The van der Waals surface area contributed by atoms with Gasteiger partial charge in [-0.25, -0.2) is 0 Å². The van der Waals surface area contributed by atoms with Gasteiger partial charge in [-0.1, -0.05) is 12.1 Å². The van der Waals surface area contributed by atoms with Crippen molar-refractivity contribution in [2.45, 2.75) is 24.6 Å². The first-order valence-corrected chi connectivity index (χ1v) is 7.08. The van der Waals surface area contributed by atoms with Crippen molar-refractivity contribution in [1.29, 1.82) is 0 Å². The Morgan fingerprint density at radius 3 is 2.59 bits per heavy atom. The van der Waals surface area contributed by atoms with Crippen LogP contribution in [0.25, 0.3) is 0 Å². The number of carbonyl (C=O) groups is 1. The molecule has 0 aromatic heterocycles. The molecule has 7 heteroatoms. The van der Waals surface area contributed by atoms with Crippen LogP contribution in [-0.2, 0) is 11.0 Å². The Labute approximate surface area is 126 Å². The number of alkyl halides is 3. The van der Waals surface area contributed by atoms with Gasteiger partial charge in [0.2, 0.25) is 0 Å². The van der Waals surface area contributed by atoms with E-state index in [2.05, 4.69) is 15.2 Å². The number of benzene rings is 1. The molecule has 4 nitrogen and oxygen atoms in total. The molecule has 1 amide bonds. The van der Waals surface area contributed by atoms with Crippen molar-refractivity contribution in [2.24, 2.45) is 4.99 Å². The van der Waals surface area contributed by atoms with Crippen LogP contribution in [-0.4, -0.2) is 42.3 Å². The van der Waals surface area contributed by atoms with E-state index in [-0.39, 0.29) is 11.7 Å². The fourth-order valence-electron chi connectivity index (χ4n) is 2.82. The Balaban J connectivity index is 1.92. The maximum absolute atomic E-state index is 12.8. The molecule has 0 radical (unpaired) electrons. The van der Waals surface area contributed by atoms with Crippen LogP contribution in [0.15, 0.2) is 29.3 Å². The Kier molecular flexibility index (Phi) is 3.47. The molecule has 2 aliphatic rings. The van der Waals surface area contributed by atoms with Gasteiger partial charge < -0.3 is 10.2 Å². The first kappa shape index (κ1) is 15.0. The fourth-order valence-corrected chi connectivity index (χ4v) is 2.82. The molecule has 1 N–H and O–H groups in total. The number of likely N-dealkylation sites (tertiary alicyclic amines) is 1. The van der Waals surface area contributed by atoms with Crippen molar-refractivity contribution in [1.82, 2.24) is 10.2 Å². The van der Waals surface area contributed by atoms with E-state index in [1.165, 1.54) is 12.1 Å². The van der Waals surface area contributed by atoms with Crippen molar-refractivity contribution in [3.63, 3.8) is 0 Å². The molecule has 22 heavy (non-hydrogen) atoms. The number of carbonyl (C=O) groups excluding carboxylic acids is 1. The van der Waals surface area contributed by atoms with E-state index in [9.17, 15) is 18.0 Å². The summed E-state index contributed by atoms with van der Waals surface area (Å²) in [4.78, 5) is 18.8. The highest BCUT2D eigenvalue weighted by Gasteiger charge is 2.45. The molecule has 0 aliphatic carbocycles. The summed E-state index contributed by atoms with van der Waals surface area (Å²) in [5.74, 6) is 0.0219. The summed E-state index contributed by atoms with van der Waals surface area (Å²) < 4.78 is 38.4. The number of halogens is 3. The minimum Gasteiger partial charge on any atom is -0.308 e. The Morgan fingerprint density at radius 1 is 1.27 bits per heavy atom. The number of amides is 1. The van der Waals surface area contributed by atoms with Crippen molar-refractivity contribution in [3.8, 4) is 0 Å². The van der Waals surface area contributed by atoms with E-state index in [1.807, 2.05) is 7.05 Å². The van der Waals surface area contributed by atoms with Crippen LogP contribution in [0.3, 0.4) is 0 Å². The van der Waals surface area contributed by atoms with Gasteiger partial charge >= 0.3 is 6.18 Å². The second kappa shape index (κ2) is 5.08. The van der Waals surface area contributed by atoms with Crippen molar-refractivity contribution in [2.75, 3.05) is 20.1 Å². The Bertz CT molecular complexity index is 631. The van der Waals surface area contributed by atoms with Gasteiger partial charge in [-0.2, -0.15) is 13.2 Å². The number of nitrogens with one attached hydrogen (secondary N) is 1. The topological polar surface area (TPSA) is 44.7 Å². The molecule has 1 aromatic rings. The zero-order chi connectivity index (χ0) is 16.0. The molecule has 1 fully saturated rings. The molecular formula is C15H16F3N3O. The summed E-state index contributed by atoms with van der Waals surface area (Å²) in [6, 6.07) is 4.88. The first-order chi connectivity index (χ1) is 10.3. The van der Waals surface area contributed by atoms with Crippen LogP contribution in [0.2, 0.25) is 0 Å². The maximum Gasteiger partial charge on any atom is 0.416 e. The van der Waals surface area contributed by atoms with Gasteiger partial charge in [-0.15, -0.1) is 0 Å². The van der Waals surface area contributed by atoms with Gasteiger partial charge in [0.15, 0.2) is 0 Å². The summed E-state index contributed by atoms with van der Waals surface area (Å²) in [5, 5.41) is 2.65. The third-order valence-electron chi connectivity index (χ3n) is 4.26. The normalized spacial score (nSPS) is 21.8. The molecule has 0 atom stereocenters. The zero-order valence-electron chi connectivity index (χ0n) is 12.1. The standard InChI is InChI=1S/C15H16F3N3O/c1-21-7-5-14(6-8-21)13(22)19-12(20-14)10-3-2-4-11(9-10)15(16,17)18/h2-4,9H,5-8H2,1H3,(H,19,20,22). The molecule has 0 unspecified atom stereocenters. The van der Waals surface area contributed by atoms with E-state index in [1.54, 1.807) is 0 Å². The number of aliphatic imine (C=N–C) groups is 1. The Hall–Kier alpha value is -1.89. The van der Waals surface area contributed by atoms with Crippen LogP contribution < -0.4 is 5.32 Å². The van der Waals surface area contributed by atoms with Crippen LogP contribution in [0.5, 0.6) is 0 Å². The minimum atomic E-state index is -4.41. The largest absolute Gasteiger partial charge is 0.416 e. The highest BCUT2D eigenvalue weighted by molar-refractivity contribution is 6.15. The van der Waals surface area contributed by atoms with Gasteiger partial charge in [0.25, 0.3) is 5.91 Å². The second-order valence-corrected chi connectivity index (χ2v) is 5.83. The third kappa shape index (κ3) is 2.61. The van der Waals surface area contributed by atoms with Crippen molar-refractivity contribution >= 4 is 11.7 Å². The summed E-state index contributed by atoms with van der Waals surface area (Å²) in [6.07, 6.45) is -3.25. The SMILES string of the molecule is CN1CCC2(CC1)N=C(c1cccc(C(F)(F)F)c1)NC2=O. The quantitative estimate of drug-likeness (QED) is 0.863. The maximum atomic E-state index is 12.8. The highest BCUT2D eigenvalue weighted by atomic mass is 19.4. The third-order valence-corrected chi connectivity index (χ3v) is 4.26. The average Bonchev–Trinajstić information content (AvgIpc) is 2.79. The van der Waals surface area contributed by atoms with Gasteiger partial charge in [0.1, 0.15) is 11.4 Å². The van der Waals surface area contributed by atoms with Crippen molar-refractivity contribution in [3.05, 3.63) is 35.4 Å². The molecule has 3 rings (SSSR count). The van der Waals surface area contributed by atoms with Crippen molar-refractivity contribution < 1.29 is 18.0 Å². The summed E-state index contributed by atoms with van der Waals surface area (Å²) in [5.41, 5.74) is -1.28. The monoisotopic (exact) mass is 311 g/mol. The van der Waals surface area contributed by atoms with Gasteiger partial charge in [0.05, 0.1) is 5.56 Å². The van der Waals surface area contributed by atoms with E-state index < -0.39 is 17.3 Å². The minimum absolute atomic E-state index is 0.215. The Morgan fingerprint density at radius 2 is 1.95 bits per heavy atom. The summed E-state index contributed by atoms with van der Waals surface area (Å²) >= 11 is 0. The number of hydrogen-bond donors (Lipinski definition) is 1. The first-order valence-electron chi connectivity index (χ1n) is 7.08. The van der Waals surface area contributed by atoms with Crippen LogP contribution in [0, 0.1) is 0 Å². The fraction of sp³-hybridized carbons (Fsp3) is 0.467. The molecule has 1 aromatic carbocycles. The lowest BCUT2D eigenvalue weighted by Crippen LogP contribution is -2.47. The number of nitrogens with zero attached hydrogens (tertiary/aromatic N) is 2. The molecule has 2 heterocycles. The van der Waals surface area contributed by atoms with Crippen LogP contribution >= 0.6 is 0 Å². The summed E-state index contributed by atoms with van der Waals surface area (Å²) in [6.45, 7) is 1.49. The molecule has 118 valence electrons. The number of amidine groups is 1. The predicted molar refractivity (Wildman–Crippen MR) is 75.6 cm³/mol. The van der Waals surface area contributed by atoms with Gasteiger partial charge in [0, 0.05) is 18.7 Å². The molecule has 0 saturated carbocycles. The average molecular weight is 311 g/mol. The van der Waals surface area contributed by atoms with Crippen LogP contribution in [0.1, 0.15) is 24.0 Å². The molecule has 1 spiro atoms. The number of hydrogen-bond acceptors (Lipinski definition) is 3. The van der Waals surface area contributed by atoms with E-state index >= 15 is 0 Å². The molecule has 2 aliphatic heterocycles. The van der Waals surface area contributed by atoms with E-state index in [0.29, 0.717) is 18.4 Å². The lowest BCUT2D eigenvalue weighted by Gasteiger charge is -2.33. The molecular weight excluding hydrogens is 295 g/mol. The lowest BCUT2D eigenvalue weighted by atomic mass is 9.88. The lowest BCUT2D eigenvalue weighted by molar-refractivity contribution is -0.137. The van der Waals surface area contributed by atoms with Gasteiger partial charge in [-0.05, 0) is 32.0 Å². The second-order valence-electron chi connectivity index (χ2n) is 5.83. The number of piperidine rings is 1.